The summed E-state index contributed by atoms with van der Waals surface area (Å²) in [4.78, 5) is 0. The minimum Gasteiger partial charge on any atom is -0.381 e. The molecule has 12 heavy (non-hydrogen) atoms. The molecule has 0 saturated carbocycles. The average molecular weight is 168 g/mol. The van der Waals surface area contributed by atoms with Gasteiger partial charge in [-0.25, -0.2) is 0 Å². The molecule has 0 aromatic rings. The largest absolute Gasteiger partial charge is 0.381 e. The Bertz CT molecular complexity index is 123. The van der Waals surface area contributed by atoms with Gasteiger partial charge in [-0.15, -0.1) is 0 Å². The Kier molecular flexibility index (Phi) is 5.09. The Hall–Kier alpha value is -0.300. The van der Waals surface area contributed by atoms with Crippen LogP contribution in [0.4, 0.5) is 0 Å². The molecule has 0 spiro atoms. The van der Waals surface area contributed by atoms with Crippen LogP contribution in [0.5, 0.6) is 0 Å². The maximum atomic E-state index is 5.41. The Morgan fingerprint density at radius 3 is 3.00 bits per heavy atom. The van der Waals surface area contributed by atoms with Crippen molar-refractivity contribution in [1.82, 2.24) is 0 Å². The molecule has 1 heterocycles. The highest BCUT2D eigenvalue weighted by atomic mass is 16.5. The summed E-state index contributed by atoms with van der Waals surface area (Å²) in [6, 6.07) is 0. The quantitative estimate of drug-likeness (QED) is 0.586. The highest BCUT2D eigenvalue weighted by Gasteiger charge is 2.11. The fraction of sp³-hybridized carbons (Fsp3) is 0.818. The first-order chi connectivity index (χ1) is 5.93. The van der Waals surface area contributed by atoms with Gasteiger partial charge >= 0.3 is 0 Å². The van der Waals surface area contributed by atoms with E-state index in [4.69, 9.17) is 4.74 Å². The SMILES string of the molecule is CCC/C=C/CC1CCCOC1. The van der Waals surface area contributed by atoms with Crippen molar-refractivity contribution in [2.75, 3.05) is 13.2 Å². The van der Waals surface area contributed by atoms with Crippen molar-refractivity contribution in [1.29, 1.82) is 0 Å². The Morgan fingerprint density at radius 2 is 2.33 bits per heavy atom. The van der Waals surface area contributed by atoms with Crippen LogP contribution in [-0.2, 0) is 4.74 Å². The number of hydrogen-bond acceptors (Lipinski definition) is 1. The van der Waals surface area contributed by atoms with E-state index in [1.54, 1.807) is 0 Å². The number of allylic oxidation sites excluding steroid dienone is 2. The summed E-state index contributed by atoms with van der Waals surface area (Å²) in [6.07, 6.45) is 10.9. The summed E-state index contributed by atoms with van der Waals surface area (Å²) in [5, 5.41) is 0. The number of unbranched alkanes of at least 4 members (excludes halogenated alkanes) is 1. The maximum Gasteiger partial charge on any atom is 0.0497 e. The van der Waals surface area contributed by atoms with Gasteiger partial charge in [0.1, 0.15) is 0 Å². The standard InChI is InChI=1S/C11H20O/c1-2-3-4-5-7-11-8-6-9-12-10-11/h4-5,11H,2-3,6-10H2,1H3/b5-4+. The molecule has 1 saturated heterocycles. The van der Waals surface area contributed by atoms with Crippen molar-refractivity contribution in [2.45, 2.75) is 39.0 Å². The van der Waals surface area contributed by atoms with Gasteiger partial charge in [-0.3, -0.25) is 0 Å². The molecule has 1 unspecified atom stereocenters. The van der Waals surface area contributed by atoms with E-state index in [-0.39, 0.29) is 0 Å². The smallest absolute Gasteiger partial charge is 0.0497 e. The molecule has 70 valence electrons. The van der Waals surface area contributed by atoms with E-state index in [2.05, 4.69) is 19.1 Å². The van der Waals surface area contributed by atoms with Gasteiger partial charge in [0, 0.05) is 13.2 Å². The lowest BCUT2D eigenvalue weighted by atomic mass is 9.98. The number of hydrogen-bond donors (Lipinski definition) is 0. The van der Waals surface area contributed by atoms with Gasteiger partial charge in [0.2, 0.25) is 0 Å². The van der Waals surface area contributed by atoms with Crippen molar-refractivity contribution >= 4 is 0 Å². The molecule has 1 heteroatoms. The van der Waals surface area contributed by atoms with Gasteiger partial charge in [-0.05, 0) is 31.6 Å². The van der Waals surface area contributed by atoms with Crippen LogP contribution in [0.25, 0.3) is 0 Å². The molecule has 1 fully saturated rings. The molecule has 0 aromatic heterocycles. The van der Waals surface area contributed by atoms with Crippen LogP contribution in [0.15, 0.2) is 12.2 Å². The average Bonchev–Trinajstić information content (AvgIpc) is 2.14. The molecule has 0 N–H and O–H groups in total. The molecule has 1 rings (SSSR count). The molecule has 1 aliphatic heterocycles. The Balaban J connectivity index is 2.04. The fourth-order valence-corrected chi connectivity index (χ4v) is 1.57. The van der Waals surface area contributed by atoms with Gasteiger partial charge in [0.15, 0.2) is 0 Å². The van der Waals surface area contributed by atoms with Gasteiger partial charge < -0.3 is 4.74 Å². The Morgan fingerprint density at radius 1 is 1.42 bits per heavy atom. The third kappa shape index (κ3) is 3.91. The van der Waals surface area contributed by atoms with E-state index in [9.17, 15) is 0 Å². The van der Waals surface area contributed by atoms with Gasteiger partial charge in [0.25, 0.3) is 0 Å². The molecule has 1 aliphatic rings. The van der Waals surface area contributed by atoms with Crippen LogP contribution in [0, 0.1) is 5.92 Å². The van der Waals surface area contributed by atoms with E-state index in [0.717, 1.165) is 19.1 Å². The zero-order chi connectivity index (χ0) is 8.65. The molecule has 1 nitrogen and oxygen atoms in total. The normalized spacial score (nSPS) is 24.9. The highest BCUT2D eigenvalue weighted by molar-refractivity contribution is 4.84. The predicted octanol–water partition coefficient (Wildman–Crippen LogP) is 3.16. The second-order valence-electron chi connectivity index (χ2n) is 3.58. The van der Waals surface area contributed by atoms with Crippen molar-refractivity contribution in [3.63, 3.8) is 0 Å². The van der Waals surface area contributed by atoms with E-state index < -0.39 is 0 Å². The summed E-state index contributed by atoms with van der Waals surface area (Å²) in [5.41, 5.74) is 0. The summed E-state index contributed by atoms with van der Waals surface area (Å²) >= 11 is 0. The lowest BCUT2D eigenvalue weighted by Crippen LogP contribution is -2.16. The monoisotopic (exact) mass is 168 g/mol. The van der Waals surface area contributed by atoms with E-state index in [1.165, 1.54) is 32.1 Å². The van der Waals surface area contributed by atoms with Gasteiger partial charge in [-0.1, -0.05) is 25.5 Å². The third-order valence-corrected chi connectivity index (χ3v) is 2.35. The summed E-state index contributed by atoms with van der Waals surface area (Å²) in [7, 11) is 0. The first kappa shape index (κ1) is 9.79. The van der Waals surface area contributed by atoms with Crippen LogP contribution in [0.3, 0.4) is 0 Å². The minimum absolute atomic E-state index is 0.798. The van der Waals surface area contributed by atoms with E-state index in [1.807, 2.05) is 0 Å². The summed E-state index contributed by atoms with van der Waals surface area (Å²) < 4.78 is 5.41. The van der Waals surface area contributed by atoms with Gasteiger partial charge in [-0.2, -0.15) is 0 Å². The lowest BCUT2D eigenvalue weighted by molar-refractivity contribution is 0.0559. The minimum atomic E-state index is 0.798. The summed E-state index contributed by atoms with van der Waals surface area (Å²) in [5.74, 6) is 0.798. The maximum absolute atomic E-state index is 5.41. The van der Waals surface area contributed by atoms with E-state index >= 15 is 0 Å². The second-order valence-corrected chi connectivity index (χ2v) is 3.58. The molecule has 0 radical (unpaired) electrons. The summed E-state index contributed by atoms with van der Waals surface area (Å²) in [6.45, 7) is 4.18. The first-order valence-corrected chi connectivity index (χ1v) is 5.16. The van der Waals surface area contributed by atoms with Crippen LogP contribution in [-0.4, -0.2) is 13.2 Å². The van der Waals surface area contributed by atoms with Crippen molar-refractivity contribution in [3.05, 3.63) is 12.2 Å². The fourth-order valence-electron chi connectivity index (χ4n) is 1.57. The van der Waals surface area contributed by atoms with Crippen molar-refractivity contribution in [3.8, 4) is 0 Å². The molecular formula is C11H20O. The number of rotatable bonds is 4. The topological polar surface area (TPSA) is 9.23 Å². The molecule has 0 amide bonds. The second kappa shape index (κ2) is 6.24. The molecule has 0 aromatic carbocycles. The predicted molar refractivity (Wildman–Crippen MR) is 52.2 cm³/mol. The van der Waals surface area contributed by atoms with Crippen LogP contribution < -0.4 is 0 Å². The van der Waals surface area contributed by atoms with Crippen LogP contribution in [0.2, 0.25) is 0 Å². The van der Waals surface area contributed by atoms with Crippen LogP contribution >= 0.6 is 0 Å². The van der Waals surface area contributed by atoms with Crippen molar-refractivity contribution in [2.24, 2.45) is 5.92 Å². The molecule has 1 atom stereocenters. The lowest BCUT2D eigenvalue weighted by Gasteiger charge is -2.20. The van der Waals surface area contributed by atoms with Crippen LogP contribution in [0.1, 0.15) is 39.0 Å². The molecule has 0 aliphatic carbocycles. The van der Waals surface area contributed by atoms with E-state index in [0.29, 0.717) is 0 Å². The van der Waals surface area contributed by atoms with Crippen molar-refractivity contribution < 1.29 is 4.74 Å². The zero-order valence-corrected chi connectivity index (χ0v) is 8.09. The van der Waals surface area contributed by atoms with Gasteiger partial charge in [0.05, 0.1) is 0 Å². The first-order valence-electron chi connectivity index (χ1n) is 5.16. The Labute approximate surface area is 75.8 Å². The molecule has 0 bridgehead atoms. The number of ether oxygens (including phenoxy) is 1. The highest BCUT2D eigenvalue weighted by Crippen LogP contribution is 2.17. The molecular weight excluding hydrogens is 148 g/mol. The third-order valence-electron chi connectivity index (χ3n) is 2.35. The zero-order valence-electron chi connectivity index (χ0n) is 8.09.